The Hall–Kier alpha value is -1.72. The zero-order valence-corrected chi connectivity index (χ0v) is 20.2. The normalized spacial score (nSPS) is 11.9. The van der Waals surface area contributed by atoms with Crippen LogP contribution in [0.25, 0.3) is 0 Å². The van der Waals surface area contributed by atoms with Crippen LogP contribution in [0.4, 0.5) is 4.39 Å². The van der Waals surface area contributed by atoms with E-state index < -0.39 is 10.0 Å². The first kappa shape index (κ1) is 25.3. The summed E-state index contributed by atoms with van der Waals surface area (Å²) in [4.78, 5) is 6.71. The first-order valence-corrected chi connectivity index (χ1v) is 10.4. The molecule has 0 unspecified atom stereocenters. The van der Waals surface area contributed by atoms with Gasteiger partial charge in [-0.1, -0.05) is 30.3 Å². The third kappa shape index (κ3) is 6.93. The van der Waals surface area contributed by atoms with Gasteiger partial charge in [-0.3, -0.25) is 0 Å². The summed E-state index contributed by atoms with van der Waals surface area (Å²) in [5.41, 5.74) is 1.44. The summed E-state index contributed by atoms with van der Waals surface area (Å²) in [5, 5.41) is 3.19. The van der Waals surface area contributed by atoms with E-state index in [9.17, 15) is 12.8 Å². The predicted octanol–water partition coefficient (Wildman–Crippen LogP) is 3.29. The van der Waals surface area contributed by atoms with Gasteiger partial charge in [-0.15, -0.1) is 24.0 Å². The summed E-state index contributed by atoms with van der Waals surface area (Å²) in [7, 11) is 1.32. The van der Waals surface area contributed by atoms with Crippen molar-refractivity contribution in [3.63, 3.8) is 0 Å². The number of nitrogens with zero attached hydrogens (tertiary/aromatic N) is 3. The van der Waals surface area contributed by atoms with Crippen molar-refractivity contribution in [1.82, 2.24) is 14.5 Å². The van der Waals surface area contributed by atoms with E-state index in [-0.39, 0.29) is 41.2 Å². The van der Waals surface area contributed by atoms with E-state index in [0.29, 0.717) is 24.6 Å². The monoisotopic (exact) mass is 534 g/mol. The molecule has 0 fully saturated rings. The highest BCUT2D eigenvalue weighted by molar-refractivity contribution is 14.0. The zero-order valence-electron chi connectivity index (χ0n) is 17.1. The molecular weight excluding hydrogens is 506 g/mol. The smallest absolute Gasteiger partial charge is 0.242 e. The molecule has 2 rings (SSSR count). The fraction of sp³-hybridized carbons (Fsp3) is 0.350. The fourth-order valence-corrected chi connectivity index (χ4v) is 3.80. The van der Waals surface area contributed by atoms with Gasteiger partial charge >= 0.3 is 0 Å². The average Bonchev–Trinajstić information content (AvgIpc) is 2.65. The van der Waals surface area contributed by atoms with Gasteiger partial charge < -0.3 is 10.2 Å². The number of hydrogen-bond acceptors (Lipinski definition) is 3. The highest BCUT2D eigenvalue weighted by Crippen LogP contribution is 2.19. The molecule has 0 heterocycles. The van der Waals surface area contributed by atoms with Crippen molar-refractivity contribution in [2.24, 2.45) is 4.99 Å². The number of benzene rings is 2. The number of aliphatic imine (C=N–C) groups is 1. The largest absolute Gasteiger partial charge is 0.357 e. The van der Waals surface area contributed by atoms with E-state index in [2.05, 4.69) is 10.3 Å². The molecule has 2 aromatic rings. The van der Waals surface area contributed by atoms with E-state index in [1.165, 1.54) is 30.5 Å². The van der Waals surface area contributed by atoms with Crippen molar-refractivity contribution >= 4 is 40.0 Å². The highest BCUT2D eigenvalue weighted by Gasteiger charge is 2.20. The Kier molecular flexibility index (Phi) is 10.0. The second-order valence-corrected chi connectivity index (χ2v) is 8.67. The minimum absolute atomic E-state index is 0. The van der Waals surface area contributed by atoms with Crippen molar-refractivity contribution in [2.45, 2.75) is 24.9 Å². The first-order valence-electron chi connectivity index (χ1n) is 9.00. The number of hydrogen-bond donors (Lipinski definition) is 1. The highest BCUT2D eigenvalue weighted by atomic mass is 127. The number of rotatable bonds is 7. The molecule has 0 atom stereocenters. The molecule has 0 aromatic heterocycles. The van der Waals surface area contributed by atoms with Crippen LogP contribution in [0.1, 0.15) is 18.1 Å². The lowest BCUT2D eigenvalue weighted by Crippen LogP contribution is -2.38. The van der Waals surface area contributed by atoms with Crippen LogP contribution >= 0.6 is 24.0 Å². The molecule has 6 nitrogen and oxygen atoms in total. The quantitative estimate of drug-likeness (QED) is 0.337. The molecule has 0 saturated heterocycles. The molecule has 0 amide bonds. The molecule has 0 spiro atoms. The molecule has 160 valence electrons. The summed E-state index contributed by atoms with van der Waals surface area (Å²) in [5.74, 6) is 0.333. The Morgan fingerprint density at radius 2 is 1.79 bits per heavy atom. The number of halogens is 2. The van der Waals surface area contributed by atoms with Crippen molar-refractivity contribution < 1.29 is 12.8 Å². The summed E-state index contributed by atoms with van der Waals surface area (Å²) >= 11 is 0. The Morgan fingerprint density at radius 3 is 2.41 bits per heavy atom. The van der Waals surface area contributed by atoms with Crippen LogP contribution in [-0.4, -0.2) is 51.3 Å². The van der Waals surface area contributed by atoms with Crippen molar-refractivity contribution in [3.8, 4) is 0 Å². The van der Waals surface area contributed by atoms with Crippen molar-refractivity contribution in [2.75, 3.05) is 27.7 Å². The summed E-state index contributed by atoms with van der Waals surface area (Å²) in [6.07, 6.45) is 0. The van der Waals surface area contributed by atoms with E-state index in [4.69, 9.17) is 0 Å². The van der Waals surface area contributed by atoms with Crippen LogP contribution in [0.2, 0.25) is 0 Å². The second kappa shape index (κ2) is 11.5. The van der Waals surface area contributed by atoms with Gasteiger partial charge in [0.15, 0.2) is 5.96 Å². The second-order valence-electron chi connectivity index (χ2n) is 6.55. The van der Waals surface area contributed by atoms with E-state index >= 15 is 0 Å². The number of sulfonamides is 1. The Morgan fingerprint density at radius 1 is 1.10 bits per heavy atom. The molecule has 0 saturated carbocycles. The zero-order chi connectivity index (χ0) is 20.7. The average molecular weight is 534 g/mol. The lowest BCUT2D eigenvalue weighted by atomic mass is 10.2. The van der Waals surface area contributed by atoms with E-state index in [1.807, 2.05) is 24.9 Å². The van der Waals surface area contributed by atoms with Crippen LogP contribution < -0.4 is 5.32 Å². The van der Waals surface area contributed by atoms with Crippen LogP contribution in [0.5, 0.6) is 0 Å². The van der Waals surface area contributed by atoms with Crippen molar-refractivity contribution in [3.05, 3.63) is 65.5 Å². The molecule has 2 aromatic carbocycles. The molecule has 0 bridgehead atoms. The van der Waals surface area contributed by atoms with Gasteiger partial charge in [0.1, 0.15) is 5.82 Å². The van der Waals surface area contributed by atoms with Crippen LogP contribution in [0, 0.1) is 5.82 Å². The Labute approximate surface area is 189 Å². The van der Waals surface area contributed by atoms with Gasteiger partial charge in [0, 0.05) is 34.2 Å². The molecule has 0 aliphatic carbocycles. The molecule has 0 aliphatic rings. The van der Waals surface area contributed by atoms with Gasteiger partial charge in [0.2, 0.25) is 10.0 Å². The van der Waals surface area contributed by atoms with Crippen LogP contribution in [-0.2, 0) is 23.1 Å². The van der Waals surface area contributed by atoms with E-state index in [1.54, 1.807) is 30.3 Å². The Bertz CT molecular complexity index is 936. The topological polar surface area (TPSA) is 65.0 Å². The van der Waals surface area contributed by atoms with Gasteiger partial charge in [-0.25, -0.2) is 22.1 Å². The maximum atomic E-state index is 13.4. The lowest BCUT2D eigenvalue weighted by molar-refractivity contribution is 0.474. The van der Waals surface area contributed by atoms with Crippen LogP contribution in [0.15, 0.2) is 58.4 Å². The van der Waals surface area contributed by atoms with E-state index in [0.717, 1.165) is 5.56 Å². The SMILES string of the molecule is CCNC(=NCc1ccccc1S(=O)(=O)N(C)C)N(C)Cc1cccc(F)c1.I. The number of nitrogens with one attached hydrogen (secondary N) is 1. The third-order valence-corrected chi connectivity index (χ3v) is 6.05. The Balaban J connectivity index is 0.00000420. The van der Waals surface area contributed by atoms with Crippen LogP contribution in [0.3, 0.4) is 0 Å². The molecular formula is C20H28FIN4O2S. The minimum atomic E-state index is -3.55. The third-order valence-electron chi connectivity index (χ3n) is 4.14. The molecule has 0 aliphatic heterocycles. The maximum absolute atomic E-state index is 13.4. The first-order chi connectivity index (χ1) is 13.3. The van der Waals surface area contributed by atoms with Gasteiger partial charge in [0.05, 0.1) is 11.4 Å². The minimum Gasteiger partial charge on any atom is -0.357 e. The summed E-state index contributed by atoms with van der Waals surface area (Å²) in [6, 6.07) is 13.3. The van der Waals surface area contributed by atoms with Crippen molar-refractivity contribution in [1.29, 1.82) is 0 Å². The van der Waals surface area contributed by atoms with Gasteiger partial charge in [-0.05, 0) is 36.2 Å². The molecule has 1 N–H and O–H groups in total. The summed E-state index contributed by atoms with van der Waals surface area (Å²) < 4.78 is 39.7. The van der Waals surface area contributed by atoms with Gasteiger partial charge in [0.25, 0.3) is 0 Å². The van der Waals surface area contributed by atoms with Gasteiger partial charge in [-0.2, -0.15) is 0 Å². The molecule has 0 radical (unpaired) electrons. The lowest BCUT2D eigenvalue weighted by Gasteiger charge is -2.22. The maximum Gasteiger partial charge on any atom is 0.242 e. The fourth-order valence-electron chi connectivity index (χ4n) is 2.70. The number of guanidine groups is 1. The standard InChI is InChI=1S/C20H27FN4O2S.HI/c1-5-22-20(25(4)15-16-9-8-11-18(21)13-16)23-14-17-10-6-7-12-19(17)28(26,27)24(2)3;/h6-13H,5,14-15H2,1-4H3,(H,22,23);1H. The predicted molar refractivity (Wildman–Crippen MR) is 125 cm³/mol. The molecule has 29 heavy (non-hydrogen) atoms. The molecule has 9 heteroatoms. The summed E-state index contributed by atoms with van der Waals surface area (Å²) in [6.45, 7) is 3.29.